The minimum absolute atomic E-state index is 0.170. The van der Waals surface area contributed by atoms with Crippen molar-refractivity contribution in [3.63, 3.8) is 0 Å². The molecule has 1 heterocycles. The van der Waals surface area contributed by atoms with E-state index in [1.165, 1.54) is 0 Å². The highest BCUT2D eigenvalue weighted by atomic mass is 16.5. The average molecular weight is 414 g/mol. The van der Waals surface area contributed by atoms with Crippen molar-refractivity contribution in [3.05, 3.63) is 42.5 Å². The first-order valence-electron chi connectivity index (χ1n) is 10.0. The first-order chi connectivity index (χ1) is 14.6. The molecule has 1 atom stereocenters. The Kier molecular flexibility index (Phi) is 7.51. The fraction of sp³-hybridized carbons (Fsp3) is 0.364. The van der Waals surface area contributed by atoms with Crippen LogP contribution in [0.5, 0.6) is 17.2 Å². The van der Waals surface area contributed by atoms with Gasteiger partial charge in [-0.05, 0) is 31.2 Å². The van der Waals surface area contributed by atoms with Crippen LogP contribution >= 0.6 is 0 Å². The van der Waals surface area contributed by atoms with Gasteiger partial charge in [0.1, 0.15) is 5.75 Å². The van der Waals surface area contributed by atoms with E-state index in [4.69, 9.17) is 14.2 Å². The zero-order chi connectivity index (χ0) is 21.3. The lowest BCUT2D eigenvalue weighted by atomic mass is 10.2. The minimum atomic E-state index is -0.181. The molecule has 0 saturated heterocycles. The Morgan fingerprint density at radius 3 is 2.43 bits per heavy atom. The third-order valence-corrected chi connectivity index (χ3v) is 4.73. The lowest BCUT2D eigenvalue weighted by molar-refractivity contribution is -0.881. The molecule has 0 bridgehead atoms. The molecule has 0 fully saturated rings. The van der Waals surface area contributed by atoms with E-state index in [9.17, 15) is 9.59 Å². The molecule has 0 spiro atoms. The molecule has 3 rings (SSSR count). The Morgan fingerprint density at radius 2 is 1.70 bits per heavy atom. The first kappa shape index (κ1) is 21.4. The van der Waals surface area contributed by atoms with Gasteiger partial charge in [-0.25, -0.2) is 0 Å². The van der Waals surface area contributed by atoms with Crippen LogP contribution in [0.1, 0.15) is 13.3 Å². The van der Waals surface area contributed by atoms with E-state index >= 15 is 0 Å². The van der Waals surface area contributed by atoms with Crippen LogP contribution in [0, 0.1) is 0 Å². The van der Waals surface area contributed by atoms with Gasteiger partial charge in [0.2, 0.25) is 0 Å². The molecular weight excluding hydrogens is 386 g/mol. The Balaban J connectivity index is 1.54. The van der Waals surface area contributed by atoms with Crippen LogP contribution < -0.4 is 29.7 Å². The number of anilines is 2. The Hall–Kier alpha value is -3.26. The molecule has 0 saturated carbocycles. The van der Waals surface area contributed by atoms with E-state index in [1.807, 2.05) is 19.1 Å². The summed E-state index contributed by atoms with van der Waals surface area (Å²) in [4.78, 5) is 25.8. The molecule has 2 aromatic rings. The number of nitrogens with one attached hydrogen (secondary N) is 3. The minimum Gasteiger partial charge on any atom is -0.495 e. The van der Waals surface area contributed by atoms with E-state index in [0.29, 0.717) is 48.4 Å². The van der Waals surface area contributed by atoms with Crippen LogP contribution in [-0.4, -0.2) is 51.8 Å². The second kappa shape index (κ2) is 10.5. The number of rotatable bonds is 8. The normalized spacial score (nSPS) is 13.7. The predicted molar refractivity (Wildman–Crippen MR) is 114 cm³/mol. The summed E-state index contributed by atoms with van der Waals surface area (Å²) in [6.45, 7) is 4.11. The summed E-state index contributed by atoms with van der Waals surface area (Å²) in [6, 6.07) is 12.6. The molecule has 2 aromatic carbocycles. The van der Waals surface area contributed by atoms with Gasteiger partial charge in [-0.15, -0.1) is 0 Å². The molecule has 0 radical (unpaired) electrons. The Bertz CT molecular complexity index is 887. The van der Waals surface area contributed by atoms with Crippen LogP contribution in [0.2, 0.25) is 0 Å². The molecule has 2 amide bonds. The summed E-state index contributed by atoms with van der Waals surface area (Å²) < 4.78 is 16.5. The molecule has 30 heavy (non-hydrogen) atoms. The number of carbonyl (C=O) groups is 2. The maximum Gasteiger partial charge on any atom is 0.279 e. The summed E-state index contributed by atoms with van der Waals surface area (Å²) in [5.41, 5.74) is 1.25. The molecule has 160 valence electrons. The van der Waals surface area contributed by atoms with E-state index in [0.717, 1.165) is 11.3 Å². The molecule has 0 aliphatic carbocycles. The standard InChI is InChI=1S/C22H27N3O5/c1-3-25(15-22(27)24-17-7-4-5-8-18(17)28-2)14-21(26)23-16-9-10-19-20(13-16)30-12-6-11-29-19/h4-5,7-10,13H,3,6,11-12,14-15H2,1-2H3,(H,23,26)(H,24,27)/p+1. The van der Waals surface area contributed by atoms with Gasteiger partial charge in [0.25, 0.3) is 11.8 Å². The maximum atomic E-state index is 12.5. The Labute approximate surface area is 176 Å². The average Bonchev–Trinajstić information content (AvgIpc) is 2.98. The number of hydrogen-bond donors (Lipinski definition) is 3. The van der Waals surface area contributed by atoms with Gasteiger partial charge in [-0.1, -0.05) is 12.1 Å². The molecule has 1 aliphatic heterocycles. The lowest BCUT2D eigenvalue weighted by Gasteiger charge is -2.18. The summed E-state index contributed by atoms with van der Waals surface area (Å²) in [5.74, 6) is 1.54. The highest BCUT2D eigenvalue weighted by molar-refractivity contribution is 5.94. The van der Waals surface area contributed by atoms with Crippen molar-refractivity contribution in [2.24, 2.45) is 0 Å². The second-order valence-electron chi connectivity index (χ2n) is 6.97. The van der Waals surface area contributed by atoms with Crippen molar-refractivity contribution in [1.82, 2.24) is 0 Å². The third-order valence-electron chi connectivity index (χ3n) is 4.73. The van der Waals surface area contributed by atoms with Crippen molar-refractivity contribution < 1.29 is 28.7 Å². The number of fused-ring (bicyclic) bond motifs is 1. The predicted octanol–water partition coefficient (Wildman–Crippen LogP) is 1.34. The number of para-hydroxylation sites is 2. The van der Waals surface area contributed by atoms with Gasteiger partial charge in [0, 0.05) is 18.2 Å². The summed E-state index contributed by atoms with van der Waals surface area (Å²) in [5, 5.41) is 5.71. The molecular formula is C22H28N3O5+. The smallest absolute Gasteiger partial charge is 0.279 e. The molecule has 0 aromatic heterocycles. The summed E-state index contributed by atoms with van der Waals surface area (Å²) >= 11 is 0. The fourth-order valence-corrected chi connectivity index (χ4v) is 3.16. The van der Waals surface area contributed by atoms with E-state index in [-0.39, 0.29) is 24.9 Å². The second-order valence-corrected chi connectivity index (χ2v) is 6.97. The largest absolute Gasteiger partial charge is 0.495 e. The number of likely N-dealkylation sites (N-methyl/N-ethyl adjacent to an activating group) is 1. The Morgan fingerprint density at radius 1 is 1.00 bits per heavy atom. The quantitative estimate of drug-likeness (QED) is 0.607. The van der Waals surface area contributed by atoms with Crippen LogP contribution in [0.4, 0.5) is 11.4 Å². The van der Waals surface area contributed by atoms with Gasteiger partial charge in [0.15, 0.2) is 24.6 Å². The van der Waals surface area contributed by atoms with Gasteiger partial charge < -0.3 is 29.7 Å². The number of ether oxygens (including phenoxy) is 3. The highest BCUT2D eigenvalue weighted by Gasteiger charge is 2.19. The summed E-state index contributed by atoms with van der Waals surface area (Å²) in [6.07, 6.45) is 0.822. The van der Waals surface area contributed by atoms with E-state index < -0.39 is 0 Å². The number of amides is 2. The molecule has 3 N–H and O–H groups in total. The highest BCUT2D eigenvalue weighted by Crippen LogP contribution is 2.32. The number of carbonyl (C=O) groups excluding carboxylic acids is 2. The van der Waals surface area contributed by atoms with E-state index in [1.54, 1.807) is 37.4 Å². The molecule has 1 unspecified atom stereocenters. The topological polar surface area (TPSA) is 90.3 Å². The zero-order valence-electron chi connectivity index (χ0n) is 17.3. The fourth-order valence-electron chi connectivity index (χ4n) is 3.16. The molecule has 8 nitrogen and oxygen atoms in total. The van der Waals surface area contributed by atoms with Crippen LogP contribution in [0.25, 0.3) is 0 Å². The van der Waals surface area contributed by atoms with Crippen molar-refractivity contribution in [2.75, 3.05) is 50.6 Å². The zero-order valence-corrected chi connectivity index (χ0v) is 17.3. The van der Waals surface area contributed by atoms with Gasteiger partial charge >= 0.3 is 0 Å². The van der Waals surface area contributed by atoms with Crippen LogP contribution in [-0.2, 0) is 9.59 Å². The molecule has 1 aliphatic rings. The van der Waals surface area contributed by atoms with Crippen molar-refractivity contribution in [2.45, 2.75) is 13.3 Å². The van der Waals surface area contributed by atoms with E-state index in [2.05, 4.69) is 10.6 Å². The maximum absolute atomic E-state index is 12.5. The third kappa shape index (κ3) is 5.87. The van der Waals surface area contributed by atoms with Crippen molar-refractivity contribution in [3.8, 4) is 17.2 Å². The summed E-state index contributed by atoms with van der Waals surface area (Å²) in [7, 11) is 1.55. The van der Waals surface area contributed by atoms with Gasteiger partial charge in [0.05, 0.1) is 32.6 Å². The van der Waals surface area contributed by atoms with Crippen molar-refractivity contribution >= 4 is 23.2 Å². The van der Waals surface area contributed by atoms with Crippen LogP contribution in [0.3, 0.4) is 0 Å². The number of quaternary nitrogens is 1. The van der Waals surface area contributed by atoms with Gasteiger partial charge in [-0.3, -0.25) is 9.59 Å². The number of benzene rings is 2. The van der Waals surface area contributed by atoms with Crippen molar-refractivity contribution in [1.29, 1.82) is 0 Å². The SMILES string of the molecule is CC[NH+](CC(=O)Nc1ccc2c(c1)OCCCO2)CC(=O)Nc1ccccc1OC. The lowest BCUT2D eigenvalue weighted by Crippen LogP contribution is -3.13. The number of methoxy groups -OCH3 is 1. The van der Waals surface area contributed by atoms with Crippen LogP contribution in [0.15, 0.2) is 42.5 Å². The molecule has 8 heteroatoms. The first-order valence-corrected chi connectivity index (χ1v) is 10.0. The monoisotopic (exact) mass is 414 g/mol. The van der Waals surface area contributed by atoms with Gasteiger partial charge in [-0.2, -0.15) is 0 Å². The number of hydrogen-bond acceptors (Lipinski definition) is 5.